The molecule has 2 nitrogen and oxygen atoms in total. The fourth-order valence-corrected chi connectivity index (χ4v) is 3.32. The molecule has 0 bridgehead atoms. The van der Waals surface area contributed by atoms with Crippen LogP contribution in [0.4, 0.5) is 5.69 Å². The van der Waals surface area contributed by atoms with Crippen molar-refractivity contribution in [3.63, 3.8) is 0 Å². The van der Waals surface area contributed by atoms with Crippen LogP contribution in [0.15, 0.2) is 72.7 Å². The predicted molar refractivity (Wildman–Crippen MR) is 116 cm³/mol. The van der Waals surface area contributed by atoms with Gasteiger partial charge in [0.2, 0.25) is 0 Å². The molecule has 0 aliphatic carbocycles. The Hall–Kier alpha value is -2.61. The maximum atomic E-state index is 2.44. The number of anilines is 1. The molecule has 2 heterocycles. The Labute approximate surface area is 164 Å². The van der Waals surface area contributed by atoms with Gasteiger partial charge >= 0.3 is 0 Å². The second-order valence-corrected chi connectivity index (χ2v) is 7.07. The van der Waals surface area contributed by atoms with Crippen LogP contribution in [0.2, 0.25) is 0 Å². The van der Waals surface area contributed by atoms with Gasteiger partial charge in [0.1, 0.15) is 6.54 Å². The van der Waals surface area contributed by atoms with Crippen LogP contribution in [0.1, 0.15) is 50.7 Å². The molecule has 1 aliphatic heterocycles. The summed E-state index contributed by atoms with van der Waals surface area (Å²) < 4.78 is 2.26. The molecule has 0 fully saturated rings. The molecule has 1 aromatic carbocycles. The first-order chi connectivity index (χ1) is 13.3. The Balaban J connectivity index is 1.74. The topological polar surface area (TPSA) is 7.12 Å². The van der Waals surface area contributed by atoms with Crippen LogP contribution in [0.5, 0.6) is 0 Å². The highest BCUT2D eigenvalue weighted by Crippen LogP contribution is 2.31. The van der Waals surface area contributed by atoms with Crippen LogP contribution >= 0.6 is 0 Å². The molecule has 140 valence electrons. The molecule has 0 N–H and O–H groups in total. The third-order valence-electron chi connectivity index (χ3n) is 4.95. The van der Waals surface area contributed by atoms with Gasteiger partial charge in [0, 0.05) is 36.5 Å². The van der Waals surface area contributed by atoms with Crippen molar-refractivity contribution < 1.29 is 4.57 Å². The van der Waals surface area contributed by atoms with Crippen molar-refractivity contribution in [1.29, 1.82) is 0 Å². The van der Waals surface area contributed by atoms with E-state index >= 15 is 0 Å². The monoisotopic (exact) mass is 359 g/mol. The van der Waals surface area contributed by atoms with Gasteiger partial charge in [-0.05, 0) is 35.8 Å². The summed E-state index contributed by atoms with van der Waals surface area (Å²) in [5, 5.41) is 0. The number of hydrogen-bond donors (Lipinski definition) is 0. The van der Waals surface area contributed by atoms with E-state index in [4.69, 9.17) is 0 Å². The van der Waals surface area contributed by atoms with Gasteiger partial charge in [0.05, 0.1) is 0 Å². The van der Waals surface area contributed by atoms with E-state index in [1.54, 1.807) is 0 Å². The van der Waals surface area contributed by atoms with E-state index in [0.717, 1.165) is 13.1 Å². The number of pyridine rings is 1. The molecular formula is C25H31N2+. The summed E-state index contributed by atoms with van der Waals surface area (Å²) in [5.74, 6) is 0. The molecule has 0 unspecified atom stereocenters. The molecule has 0 spiro atoms. The van der Waals surface area contributed by atoms with Crippen LogP contribution in [-0.2, 0) is 6.54 Å². The second-order valence-electron chi connectivity index (χ2n) is 7.07. The number of aryl methyl sites for hydroxylation is 1. The molecule has 2 heteroatoms. The number of para-hydroxylation sites is 1. The fourth-order valence-electron chi connectivity index (χ4n) is 3.32. The molecule has 0 saturated carbocycles. The zero-order valence-electron chi connectivity index (χ0n) is 16.6. The lowest BCUT2D eigenvalue weighted by Crippen LogP contribution is -2.32. The van der Waals surface area contributed by atoms with Gasteiger partial charge in [0.25, 0.3) is 0 Å². The summed E-state index contributed by atoms with van der Waals surface area (Å²) >= 11 is 0. The predicted octanol–water partition coefficient (Wildman–Crippen LogP) is 6.00. The lowest BCUT2D eigenvalue weighted by Gasteiger charge is -2.30. The third-order valence-corrected chi connectivity index (χ3v) is 4.95. The number of hydrogen-bond acceptors (Lipinski definition) is 1. The number of rotatable bonds is 8. The SMILES string of the molecule is CCCCN1C(=CC=Cc2cc[n+](CCCC)cc2)C=Cc2ccccc21. The second kappa shape index (κ2) is 9.91. The zero-order chi connectivity index (χ0) is 18.9. The number of nitrogens with zero attached hydrogens (tertiary/aromatic N) is 2. The lowest BCUT2D eigenvalue weighted by molar-refractivity contribution is -0.697. The molecule has 1 aliphatic rings. The highest BCUT2D eigenvalue weighted by molar-refractivity contribution is 5.76. The normalized spacial score (nSPS) is 14.9. The molecule has 27 heavy (non-hydrogen) atoms. The molecule has 0 radical (unpaired) electrons. The first kappa shape index (κ1) is 19.2. The van der Waals surface area contributed by atoms with E-state index in [0.29, 0.717) is 0 Å². The van der Waals surface area contributed by atoms with E-state index in [2.05, 4.69) is 102 Å². The highest BCUT2D eigenvalue weighted by Gasteiger charge is 2.15. The summed E-state index contributed by atoms with van der Waals surface area (Å²) in [6.45, 7) is 6.63. The Morgan fingerprint density at radius 1 is 0.926 bits per heavy atom. The van der Waals surface area contributed by atoms with Gasteiger partial charge in [-0.15, -0.1) is 0 Å². The van der Waals surface area contributed by atoms with E-state index in [1.807, 2.05) is 0 Å². The molecule has 0 atom stereocenters. The van der Waals surface area contributed by atoms with Crippen LogP contribution in [0.25, 0.3) is 12.2 Å². The highest BCUT2D eigenvalue weighted by atomic mass is 15.1. The molecule has 0 amide bonds. The number of benzene rings is 1. The summed E-state index contributed by atoms with van der Waals surface area (Å²) in [5.41, 5.74) is 5.10. The van der Waals surface area contributed by atoms with Gasteiger partial charge in [-0.2, -0.15) is 0 Å². The Kier molecular flexibility index (Phi) is 7.04. The Morgan fingerprint density at radius 2 is 1.70 bits per heavy atom. The first-order valence-corrected chi connectivity index (χ1v) is 10.2. The van der Waals surface area contributed by atoms with Gasteiger partial charge in [-0.1, -0.05) is 63.1 Å². The van der Waals surface area contributed by atoms with Crippen molar-refractivity contribution in [3.05, 3.63) is 83.8 Å². The van der Waals surface area contributed by atoms with Gasteiger partial charge in [-0.3, -0.25) is 0 Å². The van der Waals surface area contributed by atoms with Crippen molar-refractivity contribution >= 4 is 17.8 Å². The Bertz CT molecular complexity index is 812. The fraction of sp³-hybridized carbons (Fsp3) is 0.320. The lowest BCUT2D eigenvalue weighted by atomic mass is 10.0. The van der Waals surface area contributed by atoms with Gasteiger partial charge in [-0.25, -0.2) is 4.57 Å². The number of unbranched alkanes of at least 4 members (excludes halogenated alkanes) is 2. The van der Waals surface area contributed by atoms with Crippen molar-refractivity contribution in [3.8, 4) is 0 Å². The molecule has 1 aromatic heterocycles. The number of allylic oxidation sites excluding steroid dienone is 3. The smallest absolute Gasteiger partial charge is 0.169 e. The zero-order valence-corrected chi connectivity index (χ0v) is 16.6. The molecule has 3 rings (SSSR count). The van der Waals surface area contributed by atoms with Crippen molar-refractivity contribution in [1.82, 2.24) is 0 Å². The van der Waals surface area contributed by atoms with Crippen LogP contribution in [0, 0.1) is 0 Å². The van der Waals surface area contributed by atoms with E-state index in [9.17, 15) is 0 Å². The minimum Gasteiger partial charge on any atom is -0.341 e. The van der Waals surface area contributed by atoms with Crippen LogP contribution in [0.3, 0.4) is 0 Å². The van der Waals surface area contributed by atoms with E-state index < -0.39 is 0 Å². The molecule has 0 saturated heterocycles. The largest absolute Gasteiger partial charge is 0.341 e. The number of aromatic nitrogens is 1. The van der Waals surface area contributed by atoms with Gasteiger partial charge in [0.15, 0.2) is 12.4 Å². The first-order valence-electron chi connectivity index (χ1n) is 10.2. The standard InChI is InChI=1S/C25H31N2/c1-3-5-18-26-20-16-22(17-21-26)10-9-12-24-15-14-23-11-7-8-13-25(23)27(24)19-6-4-2/h7-17,20-21H,3-6,18-19H2,1-2H3/q+1. The van der Waals surface area contributed by atoms with Crippen molar-refractivity contribution in [2.75, 3.05) is 11.4 Å². The summed E-state index contributed by atoms with van der Waals surface area (Å²) in [4.78, 5) is 2.44. The van der Waals surface area contributed by atoms with E-state index in [-0.39, 0.29) is 0 Å². The van der Waals surface area contributed by atoms with Crippen LogP contribution < -0.4 is 9.47 Å². The van der Waals surface area contributed by atoms with Crippen LogP contribution in [-0.4, -0.2) is 6.54 Å². The summed E-state index contributed by atoms with van der Waals surface area (Å²) in [6.07, 6.45) is 20.2. The Morgan fingerprint density at radius 3 is 2.48 bits per heavy atom. The van der Waals surface area contributed by atoms with Crippen molar-refractivity contribution in [2.45, 2.75) is 46.1 Å². The minimum atomic E-state index is 1.06. The average molecular weight is 360 g/mol. The maximum absolute atomic E-state index is 2.44. The number of fused-ring (bicyclic) bond motifs is 1. The van der Waals surface area contributed by atoms with Gasteiger partial charge < -0.3 is 4.90 Å². The minimum absolute atomic E-state index is 1.06. The third kappa shape index (κ3) is 5.19. The van der Waals surface area contributed by atoms with Crippen molar-refractivity contribution in [2.24, 2.45) is 0 Å². The quantitative estimate of drug-likeness (QED) is 0.524. The maximum Gasteiger partial charge on any atom is 0.169 e. The molecule has 2 aromatic rings. The summed E-state index contributed by atoms with van der Waals surface area (Å²) in [7, 11) is 0. The summed E-state index contributed by atoms with van der Waals surface area (Å²) in [6, 6.07) is 13.0. The molecular weight excluding hydrogens is 328 g/mol. The average Bonchev–Trinajstić information content (AvgIpc) is 2.72. The van der Waals surface area contributed by atoms with E-state index in [1.165, 1.54) is 48.2 Å².